The Kier molecular flexibility index (Phi) is 9.74. The number of aliphatic hydroxyl groups excluding tert-OH is 5. The molecule has 1 unspecified atom stereocenters. The van der Waals surface area contributed by atoms with Crippen molar-refractivity contribution in [1.82, 2.24) is 0 Å². The minimum Gasteiger partial charge on any atom is -0.481 e. The summed E-state index contributed by atoms with van der Waals surface area (Å²) in [7, 11) is 0. The van der Waals surface area contributed by atoms with Gasteiger partial charge < -0.3 is 49.6 Å². The van der Waals surface area contributed by atoms with E-state index < -0.39 is 66.7 Å². The Balaban J connectivity index is 1.13. The first kappa shape index (κ1) is 39.1. The van der Waals surface area contributed by atoms with Gasteiger partial charge in [0.1, 0.15) is 36.6 Å². The number of rotatable bonds is 5. The van der Waals surface area contributed by atoms with Crippen LogP contribution in [0, 0.1) is 50.2 Å². The number of aliphatic carboxylic acids is 1. The summed E-state index contributed by atoms with van der Waals surface area (Å²) in [6, 6.07) is 0. The molecule has 4 saturated carbocycles. The highest BCUT2D eigenvalue weighted by molar-refractivity contribution is 5.76. The molecule has 6 N–H and O–H groups in total. The molecule has 11 heteroatoms. The number of hydrogen-bond acceptors (Lipinski definition) is 10. The van der Waals surface area contributed by atoms with Crippen molar-refractivity contribution in [3.8, 4) is 0 Å². The van der Waals surface area contributed by atoms with Crippen LogP contribution in [0.5, 0.6) is 0 Å². The van der Waals surface area contributed by atoms with Crippen LogP contribution in [0.3, 0.4) is 0 Å². The van der Waals surface area contributed by atoms with Gasteiger partial charge in [-0.1, -0.05) is 60.1 Å². The molecule has 7 aliphatic rings. The van der Waals surface area contributed by atoms with E-state index in [2.05, 4.69) is 54.5 Å². The topological polar surface area (TPSA) is 175 Å². The molecule has 0 aromatic rings. The van der Waals surface area contributed by atoms with Gasteiger partial charge in [-0.25, -0.2) is 0 Å². The quantitative estimate of drug-likeness (QED) is 0.173. The maximum atomic E-state index is 13.0. The molecule has 0 bridgehead atoms. The first-order valence-electron chi connectivity index (χ1n) is 20.1. The highest BCUT2D eigenvalue weighted by atomic mass is 16.8. The second kappa shape index (κ2) is 12.9. The van der Waals surface area contributed by atoms with Gasteiger partial charge in [-0.3, -0.25) is 4.79 Å². The van der Waals surface area contributed by atoms with E-state index in [9.17, 15) is 35.4 Å². The van der Waals surface area contributed by atoms with Crippen LogP contribution in [0.15, 0.2) is 11.6 Å². The fourth-order valence-electron chi connectivity index (χ4n) is 13.3. The Hall–Kier alpha value is -1.15. The molecule has 11 nitrogen and oxygen atoms in total. The maximum absolute atomic E-state index is 13.0. The Morgan fingerprint density at radius 3 is 2.17 bits per heavy atom. The number of carboxylic acids is 1. The SMILES string of the molecule is C[C@@H]1O[C@@H](O[C@H]2[C@H](OC3CC[C@]4(C)[C@H]5CC=C6[C@@H]7CC(C)(C)CC[C@]7(C(=O)O)CC[C@@]6(C)[C@]5(C)CC[C@H]4C3(C)C)OC[C@H](O)[C@@H]2O)[C@H](O)[C@H](O)[C@H]1O. The Labute approximate surface area is 309 Å². The van der Waals surface area contributed by atoms with Crippen LogP contribution in [-0.4, -0.2) is 105 Å². The second-order valence-electron chi connectivity index (χ2n) is 20.2. The standard InChI is InChI=1S/C41H66O11/c1-21-28(43)30(45)31(46)33(50-21)52-32-29(44)24(42)20-49-34(32)51-27-12-13-38(6)25(37(27,4)5)11-14-40(8)26(38)10-9-22-23-19-36(2,3)15-17-41(23,35(47)48)18-16-39(22,40)7/h9,21,23-34,42-46H,10-20H2,1-8H3,(H,47,48)/t21-,23-,24-,25-,26+,27?,28-,29-,30+,31+,32+,33-,34-,38-,39+,40+,41-/m0/s1. The number of carbonyl (C=O) groups is 1. The van der Waals surface area contributed by atoms with Crippen molar-refractivity contribution >= 4 is 5.97 Å². The molecular weight excluding hydrogens is 668 g/mol. The van der Waals surface area contributed by atoms with Gasteiger partial charge in [0, 0.05) is 0 Å². The molecule has 5 aliphatic carbocycles. The van der Waals surface area contributed by atoms with E-state index in [-0.39, 0.29) is 45.7 Å². The van der Waals surface area contributed by atoms with Crippen LogP contribution < -0.4 is 0 Å². The Bertz CT molecular complexity index is 1410. The van der Waals surface area contributed by atoms with E-state index >= 15 is 0 Å². The minimum atomic E-state index is -1.58. The number of allylic oxidation sites excluding steroid dienone is 2. The number of fused-ring (bicyclic) bond motifs is 7. The average Bonchev–Trinajstić information content (AvgIpc) is 3.06. The molecule has 7 rings (SSSR count). The highest BCUT2D eigenvalue weighted by Crippen LogP contribution is 2.76. The first-order chi connectivity index (χ1) is 24.1. The second-order valence-corrected chi connectivity index (χ2v) is 20.2. The number of carboxylic acid groups (broad SMARTS) is 1. The Morgan fingerprint density at radius 2 is 1.48 bits per heavy atom. The Morgan fingerprint density at radius 1 is 0.788 bits per heavy atom. The molecule has 296 valence electrons. The molecule has 0 radical (unpaired) electrons. The zero-order valence-electron chi connectivity index (χ0n) is 32.6. The van der Waals surface area contributed by atoms with Crippen molar-refractivity contribution in [2.24, 2.45) is 50.2 Å². The summed E-state index contributed by atoms with van der Waals surface area (Å²) in [5.41, 5.74) is 0.579. The van der Waals surface area contributed by atoms with Crippen LogP contribution in [0.1, 0.15) is 120 Å². The fraction of sp³-hybridized carbons (Fsp3) is 0.927. The molecule has 2 aliphatic heterocycles. The van der Waals surface area contributed by atoms with Gasteiger partial charge in [-0.2, -0.15) is 0 Å². The van der Waals surface area contributed by atoms with Crippen LogP contribution in [0.25, 0.3) is 0 Å². The van der Waals surface area contributed by atoms with Gasteiger partial charge in [-0.15, -0.1) is 0 Å². The third kappa shape index (κ3) is 5.64. The lowest BCUT2D eigenvalue weighted by Gasteiger charge is -2.71. The minimum absolute atomic E-state index is 0.0146. The smallest absolute Gasteiger partial charge is 0.310 e. The van der Waals surface area contributed by atoms with E-state index in [4.69, 9.17) is 18.9 Å². The van der Waals surface area contributed by atoms with E-state index in [0.717, 1.165) is 64.2 Å². The van der Waals surface area contributed by atoms with E-state index in [0.29, 0.717) is 11.8 Å². The zero-order valence-corrected chi connectivity index (χ0v) is 32.6. The van der Waals surface area contributed by atoms with Crippen molar-refractivity contribution in [2.45, 2.75) is 181 Å². The summed E-state index contributed by atoms with van der Waals surface area (Å²) in [5.74, 6) is 0.219. The third-order valence-electron chi connectivity index (χ3n) is 16.8. The van der Waals surface area contributed by atoms with Gasteiger partial charge >= 0.3 is 5.97 Å². The molecule has 0 aromatic heterocycles. The largest absolute Gasteiger partial charge is 0.481 e. The van der Waals surface area contributed by atoms with Gasteiger partial charge in [0.25, 0.3) is 0 Å². The lowest BCUT2D eigenvalue weighted by atomic mass is 9.33. The van der Waals surface area contributed by atoms with Crippen molar-refractivity contribution < 1.29 is 54.4 Å². The average molecular weight is 735 g/mol. The lowest BCUT2D eigenvalue weighted by molar-refractivity contribution is -0.364. The fourth-order valence-corrected chi connectivity index (χ4v) is 13.3. The van der Waals surface area contributed by atoms with Crippen molar-refractivity contribution in [1.29, 1.82) is 0 Å². The maximum Gasteiger partial charge on any atom is 0.310 e. The highest BCUT2D eigenvalue weighted by Gasteiger charge is 2.69. The van der Waals surface area contributed by atoms with Crippen molar-refractivity contribution in [3.05, 3.63) is 11.6 Å². The molecule has 52 heavy (non-hydrogen) atoms. The van der Waals surface area contributed by atoms with Gasteiger partial charge in [0.15, 0.2) is 12.6 Å². The number of aliphatic hydroxyl groups is 5. The summed E-state index contributed by atoms with van der Waals surface area (Å²) in [6.07, 6.45) is -0.253. The van der Waals surface area contributed by atoms with Crippen LogP contribution in [0.4, 0.5) is 0 Å². The van der Waals surface area contributed by atoms with E-state index in [1.807, 2.05) is 0 Å². The molecule has 2 heterocycles. The van der Waals surface area contributed by atoms with Crippen LogP contribution in [0.2, 0.25) is 0 Å². The normalized spacial score (nSPS) is 54.1. The molecular formula is C41H66O11. The number of hydrogen-bond donors (Lipinski definition) is 6. The van der Waals surface area contributed by atoms with Gasteiger partial charge in [0.2, 0.25) is 0 Å². The van der Waals surface area contributed by atoms with Crippen molar-refractivity contribution in [2.75, 3.05) is 6.61 Å². The first-order valence-corrected chi connectivity index (χ1v) is 20.1. The van der Waals surface area contributed by atoms with E-state index in [1.165, 1.54) is 5.57 Å². The molecule has 0 spiro atoms. The molecule has 0 amide bonds. The lowest BCUT2D eigenvalue weighted by Crippen LogP contribution is -2.66. The van der Waals surface area contributed by atoms with Crippen molar-refractivity contribution in [3.63, 3.8) is 0 Å². The van der Waals surface area contributed by atoms with E-state index in [1.54, 1.807) is 6.92 Å². The summed E-state index contributed by atoms with van der Waals surface area (Å²) >= 11 is 0. The zero-order chi connectivity index (χ0) is 38.0. The molecule has 6 fully saturated rings. The van der Waals surface area contributed by atoms with Gasteiger partial charge in [-0.05, 0) is 116 Å². The summed E-state index contributed by atoms with van der Waals surface area (Å²) in [6.45, 7) is 18.1. The molecule has 17 atom stereocenters. The molecule has 2 saturated heterocycles. The summed E-state index contributed by atoms with van der Waals surface area (Å²) < 4.78 is 24.5. The predicted octanol–water partition coefficient (Wildman–Crippen LogP) is 4.55. The van der Waals surface area contributed by atoms with Crippen LogP contribution >= 0.6 is 0 Å². The monoisotopic (exact) mass is 734 g/mol. The van der Waals surface area contributed by atoms with Crippen LogP contribution in [-0.2, 0) is 23.7 Å². The summed E-state index contributed by atoms with van der Waals surface area (Å²) in [5, 5.41) is 63.6. The summed E-state index contributed by atoms with van der Waals surface area (Å²) in [4.78, 5) is 13.0. The number of ether oxygens (including phenoxy) is 4. The molecule has 0 aromatic carbocycles. The van der Waals surface area contributed by atoms with Gasteiger partial charge in [0.05, 0.1) is 24.2 Å². The third-order valence-corrected chi connectivity index (χ3v) is 16.8. The predicted molar refractivity (Wildman–Crippen MR) is 191 cm³/mol.